The number of nitrogens with two attached hydrogens (primary N) is 1. The highest BCUT2D eigenvalue weighted by molar-refractivity contribution is 5.93. The van der Waals surface area contributed by atoms with E-state index in [1.807, 2.05) is 25.2 Å². The molecule has 5 nitrogen and oxygen atoms in total. The van der Waals surface area contributed by atoms with Gasteiger partial charge in [-0.15, -0.1) is 0 Å². The molecule has 0 aliphatic carbocycles. The van der Waals surface area contributed by atoms with Gasteiger partial charge in [-0.25, -0.2) is 0 Å². The number of anilines is 2. The number of likely N-dealkylation sites (N-methyl/N-ethyl adjacent to an activating group) is 1. The molecule has 1 atom stereocenters. The second kappa shape index (κ2) is 7.26. The highest BCUT2D eigenvalue weighted by Crippen LogP contribution is 2.17. The third kappa shape index (κ3) is 4.51. The fraction of sp³-hybridized carbons (Fsp3) is 0.533. The molecule has 3 N–H and O–H groups in total. The van der Waals surface area contributed by atoms with Gasteiger partial charge in [0, 0.05) is 26.1 Å². The van der Waals surface area contributed by atoms with Crippen molar-refractivity contribution in [3.8, 4) is 0 Å². The van der Waals surface area contributed by atoms with Crippen LogP contribution in [0.25, 0.3) is 0 Å². The fourth-order valence-electron chi connectivity index (χ4n) is 2.34. The SMILES string of the molecule is CN(CCC(=O)Nc1ccccc1N)CC1CCCO1. The van der Waals surface area contributed by atoms with Crippen LogP contribution in [-0.2, 0) is 9.53 Å². The van der Waals surface area contributed by atoms with E-state index >= 15 is 0 Å². The van der Waals surface area contributed by atoms with E-state index in [2.05, 4.69) is 10.2 Å². The molecule has 1 aliphatic rings. The normalized spacial score (nSPS) is 18.4. The first-order valence-corrected chi connectivity index (χ1v) is 7.09. The summed E-state index contributed by atoms with van der Waals surface area (Å²) in [7, 11) is 2.02. The molecule has 5 heteroatoms. The van der Waals surface area contributed by atoms with Gasteiger partial charge in [-0.1, -0.05) is 12.1 Å². The number of hydrogen-bond acceptors (Lipinski definition) is 4. The van der Waals surface area contributed by atoms with E-state index in [-0.39, 0.29) is 5.91 Å². The van der Waals surface area contributed by atoms with Crippen LogP contribution in [0.15, 0.2) is 24.3 Å². The molecule has 1 amide bonds. The Balaban J connectivity index is 1.70. The number of carbonyl (C=O) groups excluding carboxylic acids is 1. The molecule has 1 aromatic carbocycles. The van der Waals surface area contributed by atoms with Crippen molar-refractivity contribution in [1.29, 1.82) is 0 Å². The Morgan fingerprint density at radius 2 is 2.30 bits per heavy atom. The molecule has 1 aliphatic heterocycles. The summed E-state index contributed by atoms with van der Waals surface area (Å²) in [6.45, 7) is 2.48. The lowest BCUT2D eigenvalue weighted by Crippen LogP contribution is -2.31. The first-order valence-electron chi connectivity index (χ1n) is 7.09. The van der Waals surface area contributed by atoms with Gasteiger partial charge in [0.2, 0.25) is 5.91 Å². The zero-order valence-corrected chi connectivity index (χ0v) is 12.0. The maximum absolute atomic E-state index is 11.9. The van der Waals surface area contributed by atoms with Crippen molar-refractivity contribution in [1.82, 2.24) is 4.90 Å². The topological polar surface area (TPSA) is 67.6 Å². The number of nitrogens with one attached hydrogen (secondary N) is 1. The van der Waals surface area contributed by atoms with E-state index in [4.69, 9.17) is 10.5 Å². The Morgan fingerprint density at radius 1 is 1.50 bits per heavy atom. The summed E-state index contributed by atoms with van der Waals surface area (Å²) in [5, 5.41) is 2.84. The minimum Gasteiger partial charge on any atom is -0.397 e. The quantitative estimate of drug-likeness (QED) is 0.777. The number of rotatable bonds is 6. The van der Waals surface area contributed by atoms with E-state index in [1.165, 1.54) is 0 Å². The van der Waals surface area contributed by atoms with Gasteiger partial charge >= 0.3 is 0 Å². The number of para-hydroxylation sites is 2. The van der Waals surface area contributed by atoms with Crippen LogP contribution in [0.5, 0.6) is 0 Å². The largest absolute Gasteiger partial charge is 0.397 e. The predicted molar refractivity (Wildman–Crippen MR) is 80.6 cm³/mol. The van der Waals surface area contributed by atoms with Gasteiger partial charge in [0.15, 0.2) is 0 Å². The summed E-state index contributed by atoms with van der Waals surface area (Å²) in [6, 6.07) is 7.29. The van der Waals surface area contributed by atoms with E-state index in [0.29, 0.717) is 23.9 Å². The van der Waals surface area contributed by atoms with Crippen molar-refractivity contribution in [3.63, 3.8) is 0 Å². The van der Waals surface area contributed by atoms with Crippen LogP contribution < -0.4 is 11.1 Å². The molecule has 0 bridgehead atoms. The van der Waals surface area contributed by atoms with Gasteiger partial charge < -0.3 is 20.7 Å². The van der Waals surface area contributed by atoms with Crippen LogP contribution in [0.4, 0.5) is 11.4 Å². The number of hydrogen-bond donors (Lipinski definition) is 2. The Kier molecular flexibility index (Phi) is 5.38. The molecule has 20 heavy (non-hydrogen) atoms. The van der Waals surface area contributed by atoms with Gasteiger partial charge in [0.25, 0.3) is 0 Å². The third-order valence-electron chi connectivity index (χ3n) is 3.49. The van der Waals surface area contributed by atoms with Crippen LogP contribution in [0, 0.1) is 0 Å². The standard InChI is InChI=1S/C15H23N3O2/c1-18(11-12-5-4-10-20-12)9-8-15(19)17-14-7-3-2-6-13(14)16/h2-3,6-7,12H,4-5,8-11,16H2,1H3,(H,17,19). The summed E-state index contributed by atoms with van der Waals surface area (Å²) in [4.78, 5) is 14.0. The van der Waals surface area contributed by atoms with Crippen molar-refractivity contribution < 1.29 is 9.53 Å². The average molecular weight is 277 g/mol. The van der Waals surface area contributed by atoms with Gasteiger partial charge in [-0.05, 0) is 32.0 Å². The van der Waals surface area contributed by atoms with Gasteiger partial charge in [-0.2, -0.15) is 0 Å². The van der Waals surface area contributed by atoms with Gasteiger partial charge in [-0.3, -0.25) is 4.79 Å². The number of benzene rings is 1. The smallest absolute Gasteiger partial charge is 0.225 e. The van der Waals surface area contributed by atoms with Crippen molar-refractivity contribution >= 4 is 17.3 Å². The van der Waals surface area contributed by atoms with Gasteiger partial charge in [0.1, 0.15) is 0 Å². The highest BCUT2D eigenvalue weighted by atomic mass is 16.5. The van der Waals surface area contributed by atoms with Crippen molar-refractivity contribution in [2.24, 2.45) is 0 Å². The number of nitrogen functional groups attached to an aromatic ring is 1. The Hall–Kier alpha value is -1.59. The van der Waals surface area contributed by atoms with Crippen LogP contribution >= 0.6 is 0 Å². The third-order valence-corrected chi connectivity index (χ3v) is 3.49. The molecular formula is C15H23N3O2. The van der Waals surface area contributed by atoms with Crippen LogP contribution in [-0.4, -0.2) is 43.7 Å². The highest BCUT2D eigenvalue weighted by Gasteiger charge is 2.17. The van der Waals surface area contributed by atoms with E-state index in [9.17, 15) is 4.79 Å². The molecule has 1 unspecified atom stereocenters. The van der Waals surface area contributed by atoms with Crippen LogP contribution in [0.1, 0.15) is 19.3 Å². The fourth-order valence-corrected chi connectivity index (χ4v) is 2.34. The molecule has 0 radical (unpaired) electrons. The number of amides is 1. The predicted octanol–water partition coefficient (Wildman–Crippen LogP) is 1.71. The molecule has 0 saturated carbocycles. The maximum Gasteiger partial charge on any atom is 0.225 e. The first-order chi connectivity index (χ1) is 9.65. The summed E-state index contributed by atoms with van der Waals surface area (Å²) in [5.41, 5.74) is 7.06. The molecule has 1 aromatic rings. The Labute approximate surface area is 120 Å². The minimum absolute atomic E-state index is 0.0120. The molecule has 2 rings (SSSR count). The first kappa shape index (κ1) is 14.8. The lowest BCUT2D eigenvalue weighted by atomic mass is 10.2. The average Bonchev–Trinajstić information content (AvgIpc) is 2.92. The summed E-state index contributed by atoms with van der Waals surface area (Å²) < 4.78 is 5.58. The zero-order chi connectivity index (χ0) is 14.4. The maximum atomic E-state index is 11.9. The zero-order valence-electron chi connectivity index (χ0n) is 12.0. The second-order valence-corrected chi connectivity index (χ2v) is 5.28. The van der Waals surface area contributed by atoms with Crippen LogP contribution in [0.3, 0.4) is 0 Å². The summed E-state index contributed by atoms with van der Waals surface area (Å²) >= 11 is 0. The molecule has 1 saturated heterocycles. The molecular weight excluding hydrogens is 254 g/mol. The Morgan fingerprint density at radius 3 is 3.00 bits per heavy atom. The molecule has 0 aromatic heterocycles. The lowest BCUT2D eigenvalue weighted by Gasteiger charge is -2.20. The number of nitrogens with zero attached hydrogens (tertiary/aromatic N) is 1. The number of ether oxygens (including phenoxy) is 1. The van der Waals surface area contributed by atoms with Gasteiger partial charge in [0.05, 0.1) is 17.5 Å². The van der Waals surface area contributed by atoms with Crippen LogP contribution in [0.2, 0.25) is 0 Å². The van der Waals surface area contributed by atoms with E-state index in [0.717, 1.165) is 32.5 Å². The lowest BCUT2D eigenvalue weighted by molar-refractivity contribution is -0.116. The summed E-state index contributed by atoms with van der Waals surface area (Å²) in [6.07, 6.45) is 3.05. The number of carbonyl (C=O) groups is 1. The van der Waals surface area contributed by atoms with E-state index < -0.39 is 0 Å². The molecule has 1 fully saturated rings. The van der Waals surface area contributed by atoms with Crippen molar-refractivity contribution in [3.05, 3.63) is 24.3 Å². The van der Waals surface area contributed by atoms with Crippen molar-refractivity contribution in [2.75, 3.05) is 37.8 Å². The van der Waals surface area contributed by atoms with Crippen molar-refractivity contribution in [2.45, 2.75) is 25.4 Å². The summed E-state index contributed by atoms with van der Waals surface area (Å²) in [5.74, 6) is -0.0120. The second-order valence-electron chi connectivity index (χ2n) is 5.28. The minimum atomic E-state index is -0.0120. The Bertz CT molecular complexity index is 444. The van der Waals surface area contributed by atoms with E-state index in [1.54, 1.807) is 6.07 Å². The molecule has 110 valence electrons. The molecule has 0 spiro atoms. The molecule has 1 heterocycles. The monoisotopic (exact) mass is 277 g/mol.